The van der Waals surface area contributed by atoms with E-state index < -0.39 is 0 Å². The molecule has 5 heterocycles. The molecule has 1 aromatic carbocycles. The summed E-state index contributed by atoms with van der Waals surface area (Å²) in [5.74, 6) is 1.33. The van der Waals surface area contributed by atoms with E-state index in [2.05, 4.69) is 37.1 Å². The smallest absolute Gasteiger partial charge is 0.261 e. The van der Waals surface area contributed by atoms with Crippen LogP contribution in [0.3, 0.4) is 0 Å². The highest BCUT2D eigenvalue weighted by Crippen LogP contribution is 2.43. The maximum absolute atomic E-state index is 13.1. The molecule has 0 spiro atoms. The van der Waals surface area contributed by atoms with E-state index in [9.17, 15) is 4.79 Å². The number of aryl methyl sites for hydroxylation is 1. The maximum Gasteiger partial charge on any atom is 0.261 e. The number of hydrogen-bond acceptors (Lipinski definition) is 5. The number of amides is 1. The quantitative estimate of drug-likeness (QED) is 0.493. The zero-order valence-corrected chi connectivity index (χ0v) is 18.5. The van der Waals surface area contributed by atoms with E-state index in [1.165, 1.54) is 0 Å². The summed E-state index contributed by atoms with van der Waals surface area (Å²) in [6, 6.07) is 14.6. The van der Waals surface area contributed by atoms with Crippen molar-refractivity contribution in [3.05, 3.63) is 60.4 Å². The molecule has 2 fully saturated rings. The molecule has 2 saturated heterocycles. The third-order valence-electron chi connectivity index (χ3n) is 7.13. The number of H-pyrrole nitrogens is 1. The Labute approximate surface area is 191 Å². The van der Waals surface area contributed by atoms with Crippen LogP contribution in [0.1, 0.15) is 24.8 Å². The third-order valence-corrected chi connectivity index (χ3v) is 7.13. The molecular weight excluding hydrogens is 416 g/mol. The predicted octanol–water partition coefficient (Wildman–Crippen LogP) is 3.59. The fourth-order valence-corrected chi connectivity index (χ4v) is 5.58. The molecular formula is C25H26N6O2. The summed E-state index contributed by atoms with van der Waals surface area (Å²) < 4.78 is 8.13. The highest BCUT2D eigenvalue weighted by atomic mass is 16.5. The van der Waals surface area contributed by atoms with Crippen LogP contribution in [0.25, 0.3) is 22.4 Å². The van der Waals surface area contributed by atoms with E-state index in [-0.39, 0.29) is 18.6 Å². The fraction of sp³-hybridized carbons (Fsp3) is 0.360. The van der Waals surface area contributed by atoms with Gasteiger partial charge in [-0.05, 0) is 61.9 Å². The largest absolute Gasteiger partial charge is 0.484 e. The Morgan fingerprint density at radius 1 is 1.15 bits per heavy atom. The minimum Gasteiger partial charge on any atom is -0.484 e. The van der Waals surface area contributed by atoms with Gasteiger partial charge in [-0.1, -0.05) is 18.2 Å². The van der Waals surface area contributed by atoms with Crippen LogP contribution in [0.2, 0.25) is 0 Å². The van der Waals surface area contributed by atoms with Crippen LogP contribution in [0.5, 0.6) is 5.75 Å². The number of pyridine rings is 1. The number of para-hydroxylation sites is 1. The van der Waals surface area contributed by atoms with Crippen molar-refractivity contribution in [2.24, 2.45) is 5.92 Å². The topological polar surface area (TPSA) is 88.9 Å². The van der Waals surface area contributed by atoms with E-state index in [0.717, 1.165) is 59.5 Å². The Balaban J connectivity index is 1.15. The summed E-state index contributed by atoms with van der Waals surface area (Å²) in [5.41, 5.74) is 4.63. The number of fused-ring (bicyclic) bond motifs is 3. The van der Waals surface area contributed by atoms with Gasteiger partial charge in [-0.3, -0.25) is 4.79 Å². The average Bonchev–Trinajstić information content (AvgIpc) is 3.62. The van der Waals surface area contributed by atoms with E-state index in [1.54, 1.807) is 6.20 Å². The van der Waals surface area contributed by atoms with Gasteiger partial charge in [-0.15, -0.1) is 0 Å². The van der Waals surface area contributed by atoms with Gasteiger partial charge in [0.05, 0.1) is 22.9 Å². The average molecular weight is 443 g/mol. The first-order valence-corrected chi connectivity index (χ1v) is 11.5. The molecule has 8 nitrogen and oxygen atoms in total. The lowest BCUT2D eigenvalue weighted by atomic mass is 9.89. The number of nitrogens with one attached hydrogen (secondary N) is 1. The Morgan fingerprint density at radius 3 is 2.91 bits per heavy atom. The molecule has 0 saturated carbocycles. The Bertz CT molecular complexity index is 1300. The summed E-state index contributed by atoms with van der Waals surface area (Å²) in [6.07, 6.45) is 6.98. The van der Waals surface area contributed by atoms with Gasteiger partial charge in [0.2, 0.25) is 0 Å². The second kappa shape index (κ2) is 8.03. The van der Waals surface area contributed by atoms with E-state index in [4.69, 9.17) is 9.72 Å². The number of carbonyl (C=O) groups excluding carboxylic acids is 1. The van der Waals surface area contributed by atoms with Gasteiger partial charge in [0.1, 0.15) is 11.4 Å². The SMILES string of the molecule is Cc1ccccc1OCC(=O)N1C2CCC1C(Cn1ccc3nc(-c4cn[nH]n4)ccc31)C2. The van der Waals surface area contributed by atoms with Crippen LogP contribution in [-0.2, 0) is 11.3 Å². The number of aromatic amines is 1. The zero-order chi connectivity index (χ0) is 22.4. The van der Waals surface area contributed by atoms with Gasteiger partial charge in [0.15, 0.2) is 6.61 Å². The number of hydrogen-bond donors (Lipinski definition) is 1. The molecule has 3 aromatic heterocycles. The standard InChI is InChI=1S/C25H26N6O2/c1-16-4-2-3-5-24(16)33-15-25(32)31-18-6-8-22(31)17(12-18)14-30-11-10-20-23(30)9-7-19(27-20)21-13-26-29-28-21/h2-5,7,9-11,13,17-18,22H,6,8,12,14-15H2,1H3,(H,26,28,29). The lowest BCUT2D eigenvalue weighted by Crippen LogP contribution is -2.40. The third kappa shape index (κ3) is 3.55. The minimum atomic E-state index is 0.101. The normalized spacial score (nSPS) is 21.7. The summed E-state index contributed by atoms with van der Waals surface area (Å²) in [7, 11) is 0. The van der Waals surface area contributed by atoms with E-state index in [1.807, 2.05) is 43.3 Å². The molecule has 3 atom stereocenters. The van der Waals surface area contributed by atoms with Crippen LogP contribution in [-0.4, -0.2) is 54.5 Å². The highest BCUT2D eigenvalue weighted by molar-refractivity contribution is 5.80. The molecule has 0 aliphatic carbocycles. The van der Waals surface area contributed by atoms with Crippen LogP contribution < -0.4 is 4.74 Å². The predicted molar refractivity (Wildman–Crippen MR) is 124 cm³/mol. The molecule has 8 heteroatoms. The minimum absolute atomic E-state index is 0.101. The van der Waals surface area contributed by atoms with E-state index in [0.29, 0.717) is 12.0 Å². The summed E-state index contributed by atoms with van der Waals surface area (Å²) >= 11 is 0. The lowest BCUT2D eigenvalue weighted by Gasteiger charge is -2.25. The fourth-order valence-electron chi connectivity index (χ4n) is 5.58. The number of nitrogens with zero attached hydrogens (tertiary/aromatic N) is 5. The molecule has 33 heavy (non-hydrogen) atoms. The van der Waals surface area contributed by atoms with Gasteiger partial charge in [0, 0.05) is 24.8 Å². The maximum atomic E-state index is 13.1. The molecule has 0 radical (unpaired) electrons. The Morgan fingerprint density at radius 2 is 2.06 bits per heavy atom. The molecule has 1 amide bonds. The first-order valence-electron chi connectivity index (χ1n) is 11.5. The monoisotopic (exact) mass is 442 g/mol. The van der Waals surface area contributed by atoms with Crippen molar-refractivity contribution >= 4 is 16.9 Å². The molecule has 6 rings (SSSR count). The first-order chi connectivity index (χ1) is 16.2. The number of ether oxygens (including phenoxy) is 1. The van der Waals surface area contributed by atoms with Gasteiger partial charge < -0.3 is 14.2 Å². The number of rotatable bonds is 6. The second-order valence-electron chi connectivity index (χ2n) is 9.07. The van der Waals surface area contributed by atoms with Gasteiger partial charge >= 0.3 is 0 Å². The molecule has 1 N–H and O–H groups in total. The second-order valence-corrected chi connectivity index (χ2v) is 9.07. The van der Waals surface area contributed by atoms with Gasteiger partial charge in [-0.25, -0.2) is 4.98 Å². The molecule has 168 valence electrons. The summed E-state index contributed by atoms with van der Waals surface area (Å²) in [6.45, 7) is 2.99. The number of carbonyl (C=O) groups is 1. The van der Waals surface area contributed by atoms with Gasteiger partial charge in [0.25, 0.3) is 5.91 Å². The first kappa shape index (κ1) is 20.0. The Kier molecular flexibility index (Phi) is 4.86. The van der Waals surface area contributed by atoms with Crippen molar-refractivity contribution in [1.29, 1.82) is 0 Å². The van der Waals surface area contributed by atoms with Crippen LogP contribution >= 0.6 is 0 Å². The van der Waals surface area contributed by atoms with Crippen LogP contribution in [0, 0.1) is 12.8 Å². The van der Waals surface area contributed by atoms with Crippen molar-refractivity contribution in [2.45, 2.75) is 44.8 Å². The van der Waals surface area contributed by atoms with Crippen molar-refractivity contribution < 1.29 is 9.53 Å². The van der Waals surface area contributed by atoms with E-state index >= 15 is 0 Å². The number of aromatic nitrogens is 5. The lowest BCUT2D eigenvalue weighted by molar-refractivity contribution is -0.134. The van der Waals surface area contributed by atoms with Crippen LogP contribution in [0.4, 0.5) is 0 Å². The molecule has 4 aromatic rings. The zero-order valence-electron chi connectivity index (χ0n) is 18.5. The van der Waals surface area contributed by atoms with Crippen molar-refractivity contribution in [1.82, 2.24) is 29.9 Å². The summed E-state index contributed by atoms with van der Waals surface area (Å²) in [5, 5.41) is 10.6. The Hall–Kier alpha value is -3.68. The summed E-state index contributed by atoms with van der Waals surface area (Å²) in [4.78, 5) is 19.9. The molecule has 3 unspecified atom stereocenters. The molecule has 2 aliphatic rings. The van der Waals surface area contributed by atoms with Crippen molar-refractivity contribution in [3.8, 4) is 17.1 Å². The molecule has 2 aliphatic heterocycles. The number of benzene rings is 1. The van der Waals surface area contributed by atoms with Crippen molar-refractivity contribution in [2.75, 3.05) is 6.61 Å². The van der Waals surface area contributed by atoms with Crippen LogP contribution in [0.15, 0.2) is 54.9 Å². The van der Waals surface area contributed by atoms with Crippen molar-refractivity contribution in [3.63, 3.8) is 0 Å². The molecule has 2 bridgehead atoms. The highest BCUT2D eigenvalue weighted by Gasteiger charge is 2.48. The van der Waals surface area contributed by atoms with Gasteiger partial charge in [-0.2, -0.15) is 15.4 Å².